The molecule has 0 radical (unpaired) electrons. The molecule has 1 aliphatic rings. The first-order valence-electron chi connectivity index (χ1n) is 5.35. The second-order valence-electron chi connectivity index (χ2n) is 3.92. The first-order chi connectivity index (χ1) is 8.11. The molecule has 0 fully saturated rings. The lowest BCUT2D eigenvalue weighted by molar-refractivity contribution is 0.604. The maximum Gasteiger partial charge on any atom is 0.246 e. The molecule has 0 aliphatic carbocycles. The zero-order chi connectivity index (χ0) is 12.3. The highest BCUT2D eigenvalue weighted by Gasteiger charge is 2.12. The summed E-state index contributed by atoms with van der Waals surface area (Å²) in [6.45, 7) is 0.951. The first-order valence-corrected chi connectivity index (χ1v) is 7.00. The van der Waals surface area contributed by atoms with Crippen LogP contribution in [0.3, 0.4) is 0 Å². The van der Waals surface area contributed by atoms with Gasteiger partial charge in [-0.2, -0.15) is 5.26 Å². The van der Waals surface area contributed by atoms with Crippen LogP contribution in [0.4, 0.5) is 11.4 Å². The Balaban J connectivity index is 2.21. The third-order valence-corrected chi connectivity index (χ3v) is 3.63. The first kappa shape index (κ1) is 11.7. The lowest BCUT2D eigenvalue weighted by Gasteiger charge is -2.18. The summed E-state index contributed by atoms with van der Waals surface area (Å²) in [5, 5.41) is 11.6. The van der Waals surface area contributed by atoms with Crippen LogP contribution in [0, 0.1) is 11.3 Å². The minimum absolute atomic E-state index is 0.516. The van der Waals surface area contributed by atoms with Crippen LogP contribution in [0.15, 0.2) is 18.2 Å². The molecular weight excluding hydrogens is 238 g/mol. The van der Waals surface area contributed by atoms with Crippen LogP contribution in [-0.4, -0.2) is 20.7 Å². The molecule has 5 nitrogen and oxygen atoms in total. The fraction of sp³-hybridized carbons (Fsp3) is 0.364. The SMILES string of the molecule is N#CCS(=O)(=O)Nc1ccc2c(c1)CCCN2. The van der Waals surface area contributed by atoms with E-state index in [1.54, 1.807) is 12.1 Å². The van der Waals surface area contributed by atoms with Crippen LogP contribution >= 0.6 is 0 Å². The highest BCUT2D eigenvalue weighted by Crippen LogP contribution is 2.25. The molecule has 0 saturated heterocycles. The number of hydrogen-bond acceptors (Lipinski definition) is 4. The Kier molecular flexibility index (Phi) is 3.20. The van der Waals surface area contributed by atoms with E-state index in [0.717, 1.165) is 30.6 Å². The van der Waals surface area contributed by atoms with Crippen molar-refractivity contribution in [2.75, 3.05) is 22.3 Å². The molecule has 1 heterocycles. The highest BCUT2D eigenvalue weighted by molar-refractivity contribution is 7.92. The van der Waals surface area contributed by atoms with Gasteiger partial charge >= 0.3 is 0 Å². The van der Waals surface area contributed by atoms with Crippen LogP contribution in [-0.2, 0) is 16.4 Å². The van der Waals surface area contributed by atoms with Gasteiger partial charge in [0, 0.05) is 17.9 Å². The lowest BCUT2D eigenvalue weighted by atomic mass is 10.0. The molecule has 0 amide bonds. The number of fused-ring (bicyclic) bond motifs is 1. The second-order valence-corrected chi connectivity index (χ2v) is 5.64. The smallest absolute Gasteiger partial charge is 0.246 e. The standard InChI is InChI=1S/C11H13N3O2S/c12-5-7-17(15,16)14-10-3-4-11-9(8-10)2-1-6-13-11/h3-4,8,13-14H,1-2,6-7H2. The minimum Gasteiger partial charge on any atom is -0.385 e. The summed E-state index contributed by atoms with van der Waals surface area (Å²) in [7, 11) is -3.54. The predicted octanol–water partition coefficient (Wildman–Crippen LogP) is 1.31. The molecule has 17 heavy (non-hydrogen) atoms. The van der Waals surface area contributed by atoms with Gasteiger partial charge in [0.1, 0.15) is 0 Å². The topological polar surface area (TPSA) is 82.0 Å². The van der Waals surface area contributed by atoms with E-state index >= 15 is 0 Å². The van der Waals surface area contributed by atoms with Crippen LogP contribution in [0.2, 0.25) is 0 Å². The van der Waals surface area contributed by atoms with Gasteiger partial charge in [0.2, 0.25) is 10.0 Å². The Bertz CT molecular complexity index is 561. The fourth-order valence-corrected chi connectivity index (χ4v) is 2.57. The molecule has 6 heteroatoms. The van der Waals surface area contributed by atoms with Crippen molar-refractivity contribution in [3.63, 3.8) is 0 Å². The van der Waals surface area contributed by atoms with Gasteiger partial charge in [-0.05, 0) is 36.6 Å². The van der Waals surface area contributed by atoms with Gasteiger partial charge < -0.3 is 5.32 Å². The number of nitrogens with one attached hydrogen (secondary N) is 2. The summed E-state index contributed by atoms with van der Waals surface area (Å²) in [5.74, 6) is -0.525. The molecule has 2 N–H and O–H groups in total. The van der Waals surface area contributed by atoms with E-state index < -0.39 is 15.8 Å². The number of nitriles is 1. The van der Waals surface area contributed by atoms with Crippen molar-refractivity contribution in [1.82, 2.24) is 0 Å². The van der Waals surface area contributed by atoms with Crippen molar-refractivity contribution in [3.05, 3.63) is 23.8 Å². The molecule has 0 saturated carbocycles. The van der Waals surface area contributed by atoms with Crippen LogP contribution in [0.25, 0.3) is 0 Å². The number of nitrogens with zero attached hydrogens (tertiary/aromatic N) is 1. The highest BCUT2D eigenvalue weighted by atomic mass is 32.2. The average molecular weight is 251 g/mol. The maximum atomic E-state index is 11.4. The van der Waals surface area contributed by atoms with Crippen molar-refractivity contribution in [2.45, 2.75) is 12.8 Å². The summed E-state index contributed by atoms with van der Waals surface area (Å²) in [6, 6.07) is 7.00. The third-order valence-electron chi connectivity index (χ3n) is 2.57. The molecule has 1 aromatic carbocycles. The number of anilines is 2. The van der Waals surface area contributed by atoms with E-state index in [0.29, 0.717) is 5.69 Å². The Hall–Kier alpha value is -1.74. The van der Waals surface area contributed by atoms with Gasteiger partial charge in [-0.15, -0.1) is 0 Å². The van der Waals surface area contributed by atoms with Crippen molar-refractivity contribution in [1.29, 1.82) is 5.26 Å². The fourth-order valence-electron chi connectivity index (χ4n) is 1.84. The Morgan fingerprint density at radius 3 is 3.06 bits per heavy atom. The summed E-state index contributed by atoms with van der Waals surface area (Å²) >= 11 is 0. The summed E-state index contributed by atoms with van der Waals surface area (Å²) in [5.41, 5.74) is 2.68. The zero-order valence-electron chi connectivity index (χ0n) is 9.23. The van der Waals surface area contributed by atoms with E-state index in [1.165, 1.54) is 0 Å². The van der Waals surface area contributed by atoms with Gasteiger partial charge in [0.25, 0.3) is 0 Å². The van der Waals surface area contributed by atoms with Crippen LogP contribution in [0.1, 0.15) is 12.0 Å². The molecule has 0 unspecified atom stereocenters. The second kappa shape index (κ2) is 4.63. The largest absolute Gasteiger partial charge is 0.385 e. The summed E-state index contributed by atoms with van der Waals surface area (Å²) < 4.78 is 25.2. The van der Waals surface area contributed by atoms with Crippen LogP contribution < -0.4 is 10.0 Å². The average Bonchev–Trinajstić information content (AvgIpc) is 2.28. The molecule has 0 bridgehead atoms. The molecule has 0 spiro atoms. The van der Waals surface area contributed by atoms with E-state index in [1.807, 2.05) is 12.1 Å². The van der Waals surface area contributed by atoms with Crippen LogP contribution in [0.5, 0.6) is 0 Å². The zero-order valence-corrected chi connectivity index (χ0v) is 10.0. The number of hydrogen-bond donors (Lipinski definition) is 2. The minimum atomic E-state index is -3.54. The lowest BCUT2D eigenvalue weighted by Crippen LogP contribution is -2.16. The normalized spacial score (nSPS) is 14.3. The Labute approximate surface area is 101 Å². The van der Waals surface area contributed by atoms with Crippen molar-refractivity contribution in [2.24, 2.45) is 0 Å². The Morgan fingerprint density at radius 1 is 1.47 bits per heavy atom. The predicted molar refractivity (Wildman–Crippen MR) is 66.3 cm³/mol. The number of benzene rings is 1. The Morgan fingerprint density at radius 2 is 2.29 bits per heavy atom. The summed E-state index contributed by atoms with van der Waals surface area (Å²) in [6.07, 6.45) is 1.98. The van der Waals surface area contributed by atoms with Crippen molar-refractivity contribution in [3.8, 4) is 6.07 Å². The van der Waals surface area contributed by atoms with Gasteiger partial charge in [0.05, 0.1) is 6.07 Å². The molecular formula is C11H13N3O2S. The molecule has 90 valence electrons. The summed E-state index contributed by atoms with van der Waals surface area (Å²) in [4.78, 5) is 0. The van der Waals surface area contributed by atoms with E-state index in [2.05, 4.69) is 10.0 Å². The van der Waals surface area contributed by atoms with Gasteiger partial charge in [0.15, 0.2) is 5.75 Å². The molecule has 1 aliphatic heterocycles. The van der Waals surface area contributed by atoms with E-state index in [-0.39, 0.29) is 0 Å². The molecule has 0 aromatic heterocycles. The maximum absolute atomic E-state index is 11.4. The van der Waals surface area contributed by atoms with Crippen molar-refractivity contribution < 1.29 is 8.42 Å². The number of sulfonamides is 1. The van der Waals surface area contributed by atoms with E-state index in [9.17, 15) is 8.42 Å². The van der Waals surface area contributed by atoms with Gasteiger partial charge in [-0.3, -0.25) is 4.72 Å². The molecule has 1 aromatic rings. The third kappa shape index (κ3) is 2.88. The number of rotatable bonds is 3. The van der Waals surface area contributed by atoms with Crippen molar-refractivity contribution >= 4 is 21.4 Å². The van der Waals surface area contributed by atoms with E-state index in [4.69, 9.17) is 5.26 Å². The number of aryl methyl sites for hydroxylation is 1. The monoisotopic (exact) mass is 251 g/mol. The van der Waals surface area contributed by atoms with Gasteiger partial charge in [-0.25, -0.2) is 8.42 Å². The quantitative estimate of drug-likeness (QED) is 0.848. The molecule has 0 atom stereocenters. The molecule has 2 rings (SSSR count). The van der Waals surface area contributed by atoms with Gasteiger partial charge in [-0.1, -0.05) is 0 Å².